The monoisotopic (exact) mass is 293 g/mol. The van der Waals surface area contributed by atoms with Crippen LogP contribution < -0.4 is 4.90 Å². The van der Waals surface area contributed by atoms with E-state index < -0.39 is 9.84 Å². The summed E-state index contributed by atoms with van der Waals surface area (Å²) < 4.78 is 22.7. The first-order valence-electron chi connectivity index (χ1n) is 5.31. The standard InChI is InChI=1S/C11H13Cl2NO2S/c12-8-9-1-2-10(13)7-11(9)14-3-5-17(15,16)6-4-14/h1-2,7H,3-6,8H2. The molecular weight excluding hydrogens is 281 g/mol. The molecule has 1 heterocycles. The van der Waals surface area contributed by atoms with Gasteiger partial charge in [-0.25, -0.2) is 8.42 Å². The van der Waals surface area contributed by atoms with Crippen LogP contribution in [0.15, 0.2) is 18.2 Å². The van der Waals surface area contributed by atoms with Crippen LogP contribution in [0, 0.1) is 0 Å². The molecule has 0 saturated carbocycles. The Morgan fingerprint density at radius 3 is 2.47 bits per heavy atom. The summed E-state index contributed by atoms with van der Waals surface area (Å²) >= 11 is 11.8. The topological polar surface area (TPSA) is 37.4 Å². The van der Waals surface area contributed by atoms with E-state index in [1.807, 2.05) is 17.0 Å². The van der Waals surface area contributed by atoms with E-state index in [9.17, 15) is 8.42 Å². The number of hydrogen-bond acceptors (Lipinski definition) is 3. The molecule has 17 heavy (non-hydrogen) atoms. The van der Waals surface area contributed by atoms with Gasteiger partial charge in [0.05, 0.1) is 11.5 Å². The summed E-state index contributed by atoms with van der Waals surface area (Å²) in [6.07, 6.45) is 0. The van der Waals surface area contributed by atoms with Gasteiger partial charge in [-0.15, -0.1) is 11.6 Å². The number of sulfone groups is 1. The lowest BCUT2D eigenvalue weighted by molar-refractivity contribution is 0.586. The Morgan fingerprint density at radius 1 is 1.24 bits per heavy atom. The van der Waals surface area contributed by atoms with Crippen molar-refractivity contribution >= 4 is 38.7 Å². The molecule has 0 atom stereocenters. The Labute approximate surface area is 111 Å². The van der Waals surface area contributed by atoms with Crippen molar-refractivity contribution in [1.29, 1.82) is 0 Å². The summed E-state index contributed by atoms with van der Waals surface area (Å²) in [5.41, 5.74) is 1.93. The minimum absolute atomic E-state index is 0.196. The number of anilines is 1. The van der Waals surface area contributed by atoms with E-state index >= 15 is 0 Å². The molecule has 0 aliphatic carbocycles. The van der Waals surface area contributed by atoms with Crippen LogP contribution in [0.2, 0.25) is 5.02 Å². The van der Waals surface area contributed by atoms with E-state index in [0.29, 0.717) is 24.0 Å². The molecule has 3 nitrogen and oxygen atoms in total. The second-order valence-corrected chi connectivity index (χ2v) is 7.05. The zero-order valence-electron chi connectivity index (χ0n) is 9.20. The highest BCUT2D eigenvalue weighted by Crippen LogP contribution is 2.27. The normalized spacial score (nSPS) is 19.3. The lowest BCUT2D eigenvalue weighted by Gasteiger charge is -2.30. The predicted octanol–water partition coefficient (Wildman–Crippen LogP) is 2.31. The zero-order valence-corrected chi connectivity index (χ0v) is 11.5. The minimum Gasteiger partial charge on any atom is -0.369 e. The summed E-state index contributed by atoms with van der Waals surface area (Å²) in [5.74, 6) is 0.790. The number of hydrogen-bond donors (Lipinski definition) is 0. The van der Waals surface area contributed by atoms with Gasteiger partial charge in [-0.1, -0.05) is 17.7 Å². The van der Waals surface area contributed by atoms with E-state index in [1.165, 1.54) is 0 Å². The molecule has 1 aromatic rings. The Bertz CT molecular complexity index is 502. The first-order valence-corrected chi connectivity index (χ1v) is 8.05. The van der Waals surface area contributed by atoms with Gasteiger partial charge in [0.15, 0.2) is 9.84 Å². The van der Waals surface area contributed by atoms with Gasteiger partial charge < -0.3 is 4.90 Å². The second kappa shape index (κ2) is 5.04. The van der Waals surface area contributed by atoms with Crippen molar-refractivity contribution < 1.29 is 8.42 Å². The molecule has 1 aromatic carbocycles. The number of halogens is 2. The van der Waals surface area contributed by atoms with Crippen LogP contribution in [0.4, 0.5) is 5.69 Å². The summed E-state index contributed by atoms with van der Waals surface area (Å²) in [5, 5.41) is 0.641. The predicted molar refractivity (Wildman–Crippen MR) is 71.9 cm³/mol. The van der Waals surface area contributed by atoms with Gasteiger partial charge in [0, 0.05) is 29.7 Å². The molecule has 1 aliphatic rings. The second-order valence-electron chi connectivity index (χ2n) is 4.05. The molecule has 6 heteroatoms. The highest BCUT2D eigenvalue weighted by molar-refractivity contribution is 7.91. The highest BCUT2D eigenvalue weighted by atomic mass is 35.5. The maximum atomic E-state index is 11.4. The SMILES string of the molecule is O=S1(=O)CCN(c2cc(Cl)ccc2CCl)CC1. The third-order valence-corrected chi connectivity index (χ3v) is 5.01. The maximum absolute atomic E-state index is 11.4. The number of nitrogens with zero attached hydrogens (tertiary/aromatic N) is 1. The van der Waals surface area contributed by atoms with Crippen LogP contribution in [-0.2, 0) is 15.7 Å². The molecule has 1 aliphatic heterocycles. The fourth-order valence-electron chi connectivity index (χ4n) is 1.90. The van der Waals surface area contributed by atoms with E-state index in [2.05, 4.69) is 0 Å². The van der Waals surface area contributed by atoms with Gasteiger partial charge in [0.1, 0.15) is 0 Å². The maximum Gasteiger partial charge on any atom is 0.153 e. The Morgan fingerprint density at radius 2 is 1.88 bits per heavy atom. The fraction of sp³-hybridized carbons (Fsp3) is 0.455. The van der Waals surface area contributed by atoms with Gasteiger partial charge in [-0.2, -0.15) is 0 Å². The largest absolute Gasteiger partial charge is 0.369 e. The van der Waals surface area contributed by atoms with Crippen LogP contribution in [0.1, 0.15) is 5.56 Å². The summed E-state index contributed by atoms with van der Waals surface area (Å²) in [6, 6.07) is 5.52. The summed E-state index contributed by atoms with van der Waals surface area (Å²) in [7, 11) is -2.86. The molecule has 0 bridgehead atoms. The molecule has 94 valence electrons. The molecular formula is C11H13Cl2NO2S. The van der Waals surface area contributed by atoms with Crippen LogP contribution in [0.5, 0.6) is 0 Å². The third kappa shape index (κ3) is 3.06. The number of rotatable bonds is 2. The fourth-order valence-corrected chi connectivity index (χ4v) is 3.49. The van der Waals surface area contributed by atoms with Crippen molar-refractivity contribution in [2.24, 2.45) is 0 Å². The number of alkyl halides is 1. The van der Waals surface area contributed by atoms with Crippen molar-refractivity contribution in [1.82, 2.24) is 0 Å². The quantitative estimate of drug-likeness (QED) is 0.786. The van der Waals surface area contributed by atoms with E-state index in [4.69, 9.17) is 23.2 Å². The first kappa shape index (κ1) is 13.0. The van der Waals surface area contributed by atoms with E-state index in [-0.39, 0.29) is 11.5 Å². The first-order chi connectivity index (χ1) is 8.02. The Hall–Kier alpha value is -0.450. The lowest BCUT2D eigenvalue weighted by Crippen LogP contribution is -2.40. The van der Waals surface area contributed by atoms with Crippen molar-refractivity contribution in [2.45, 2.75) is 5.88 Å². The molecule has 0 N–H and O–H groups in total. The number of benzene rings is 1. The Kier molecular flexibility index (Phi) is 3.85. The summed E-state index contributed by atoms with van der Waals surface area (Å²) in [6.45, 7) is 1.01. The zero-order chi connectivity index (χ0) is 12.5. The molecule has 0 unspecified atom stereocenters. The Balaban J connectivity index is 2.26. The molecule has 0 amide bonds. The molecule has 2 rings (SSSR count). The van der Waals surface area contributed by atoms with Gasteiger partial charge in [-0.3, -0.25) is 0 Å². The lowest BCUT2D eigenvalue weighted by atomic mass is 10.2. The summed E-state index contributed by atoms with van der Waals surface area (Å²) in [4.78, 5) is 2.03. The molecule has 1 fully saturated rings. The van der Waals surface area contributed by atoms with Gasteiger partial charge in [0.2, 0.25) is 0 Å². The smallest absolute Gasteiger partial charge is 0.153 e. The molecule has 0 radical (unpaired) electrons. The van der Waals surface area contributed by atoms with Crippen LogP contribution in [0.25, 0.3) is 0 Å². The molecule has 1 saturated heterocycles. The van der Waals surface area contributed by atoms with E-state index in [0.717, 1.165) is 11.3 Å². The molecule has 0 spiro atoms. The van der Waals surface area contributed by atoms with E-state index in [1.54, 1.807) is 6.07 Å². The average Bonchev–Trinajstić information content (AvgIpc) is 2.29. The highest BCUT2D eigenvalue weighted by Gasteiger charge is 2.23. The van der Waals surface area contributed by atoms with Gasteiger partial charge >= 0.3 is 0 Å². The minimum atomic E-state index is -2.86. The van der Waals surface area contributed by atoms with Crippen LogP contribution in [0.3, 0.4) is 0 Å². The van der Waals surface area contributed by atoms with Gasteiger partial charge in [-0.05, 0) is 17.7 Å². The van der Waals surface area contributed by atoms with Crippen LogP contribution >= 0.6 is 23.2 Å². The van der Waals surface area contributed by atoms with Crippen molar-refractivity contribution in [2.75, 3.05) is 29.5 Å². The van der Waals surface area contributed by atoms with Crippen LogP contribution in [-0.4, -0.2) is 33.0 Å². The molecule has 0 aromatic heterocycles. The average molecular weight is 294 g/mol. The van der Waals surface area contributed by atoms with Crippen molar-refractivity contribution in [3.8, 4) is 0 Å². The van der Waals surface area contributed by atoms with Crippen molar-refractivity contribution in [3.05, 3.63) is 28.8 Å². The third-order valence-electron chi connectivity index (χ3n) is 2.88. The van der Waals surface area contributed by atoms with Crippen molar-refractivity contribution in [3.63, 3.8) is 0 Å². The van der Waals surface area contributed by atoms with Gasteiger partial charge in [0.25, 0.3) is 0 Å².